The molecule has 2 heterocycles. The maximum absolute atomic E-state index is 6.35. The van der Waals surface area contributed by atoms with E-state index in [1.165, 1.54) is 50.1 Å². The van der Waals surface area contributed by atoms with Crippen LogP contribution in [0.15, 0.2) is 168 Å². The maximum Gasteiger partial charge on any atom is 0.160 e. The number of benzene rings is 7. The lowest BCUT2D eigenvalue weighted by atomic mass is 9.74. The molecule has 54 heavy (non-hydrogen) atoms. The molecule has 0 amide bonds. The average molecular weight is 693 g/mol. The number of furan rings is 1. The molecule has 0 radical (unpaired) electrons. The zero-order chi connectivity index (χ0) is 36.2. The SMILES string of the molecule is CC1(C)c2ccccc2-c2ccc(-c3nc(-c4ccc5c(c4)C(C)(c4ccccc4)c4ccccc4-5)cc(-c4cccc5oc6ccccc6c45)n3)cc21. The predicted octanol–water partition coefficient (Wildman–Crippen LogP) is 13.0. The molecule has 3 heteroatoms. The van der Waals surface area contributed by atoms with Gasteiger partial charge in [-0.2, -0.15) is 0 Å². The smallest absolute Gasteiger partial charge is 0.160 e. The first-order chi connectivity index (χ1) is 26.4. The normalized spacial score (nSPS) is 16.3. The largest absolute Gasteiger partial charge is 0.456 e. The average Bonchev–Trinajstić information content (AvgIpc) is 3.81. The molecule has 0 aliphatic heterocycles. The third-order valence-electron chi connectivity index (χ3n) is 12.2. The fourth-order valence-electron chi connectivity index (χ4n) is 9.43. The standard InChI is InChI=1S/C51H36N2O/c1-50(2)40-20-10-7-16-34(40)36-27-25-32(29-42(36)50)49-52-44(30-45(53-49)38-19-13-23-47-48(38)39-18-9-12-22-46(39)54-47)31-24-26-37-35-17-8-11-21-41(35)51(3,43(37)28-31)33-14-5-4-6-15-33/h4-30H,1-3H3. The molecule has 3 nitrogen and oxygen atoms in total. The molecule has 0 saturated carbocycles. The summed E-state index contributed by atoms with van der Waals surface area (Å²) in [7, 11) is 0. The molecular formula is C51H36N2O. The fourth-order valence-corrected chi connectivity index (χ4v) is 9.43. The molecule has 2 aliphatic carbocycles. The highest BCUT2D eigenvalue weighted by atomic mass is 16.3. The first-order valence-corrected chi connectivity index (χ1v) is 18.7. The van der Waals surface area contributed by atoms with Crippen LogP contribution in [0.3, 0.4) is 0 Å². The van der Waals surface area contributed by atoms with Crippen LogP contribution in [0.1, 0.15) is 48.6 Å². The molecule has 2 aromatic heterocycles. The van der Waals surface area contributed by atoms with Gasteiger partial charge in [0.1, 0.15) is 11.2 Å². The van der Waals surface area contributed by atoms with Crippen LogP contribution in [0, 0.1) is 0 Å². The molecule has 11 rings (SSSR count). The Hall–Kier alpha value is -6.58. The van der Waals surface area contributed by atoms with E-state index in [1.807, 2.05) is 18.2 Å². The zero-order valence-corrected chi connectivity index (χ0v) is 30.4. The predicted molar refractivity (Wildman–Crippen MR) is 221 cm³/mol. The fraction of sp³-hybridized carbons (Fsp3) is 0.0980. The summed E-state index contributed by atoms with van der Waals surface area (Å²) in [5, 5.41) is 2.14. The number of hydrogen-bond acceptors (Lipinski definition) is 3. The van der Waals surface area contributed by atoms with Crippen molar-refractivity contribution >= 4 is 21.9 Å². The lowest BCUT2D eigenvalue weighted by Gasteiger charge is -2.28. The van der Waals surface area contributed by atoms with Crippen LogP contribution in [-0.4, -0.2) is 9.97 Å². The number of aromatic nitrogens is 2. The van der Waals surface area contributed by atoms with Gasteiger partial charge in [0.05, 0.1) is 11.4 Å². The summed E-state index contributed by atoms with van der Waals surface area (Å²) >= 11 is 0. The second kappa shape index (κ2) is 11.2. The van der Waals surface area contributed by atoms with Gasteiger partial charge in [-0.05, 0) is 87.3 Å². The Balaban J connectivity index is 1.15. The van der Waals surface area contributed by atoms with Gasteiger partial charge in [0.25, 0.3) is 0 Å². The molecule has 1 unspecified atom stereocenters. The third-order valence-corrected chi connectivity index (χ3v) is 12.2. The van der Waals surface area contributed by atoms with E-state index in [9.17, 15) is 0 Å². The Kier molecular flexibility index (Phi) is 6.43. The molecule has 7 aromatic carbocycles. The molecule has 9 aromatic rings. The lowest BCUT2D eigenvalue weighted by Crippen LogP contribution is -2.22. The minimum atomic E-state index is -0.316. The lowest BCUT2D eigenvalue weighted by molar-refractivity contribution is 0.660. The molecule has 0 bridgehead atoms. The highest BCUT2D eigenvalue weighted by Gasteiger charge is 2.41. The van der Waals surface area contributed by atoms with E-state index >= 15 is 0 Å². The van der Waals surface area contributed by atoms with E-state index in [1.54, 1.807) is 0 Å². The number of hydrogen-bond donors (Lipinski definition) is 0. The highest BCUT2D eigenvalue weighted by Crippen LogP contribution is 2.53. The summed E-state index contributed by atoms with van der Waals surface area (Å²) < 4.78 is 6.35. The number of rotatable bonds is 4. The van der Waals surface area contributed by atoms with Crippen molar-refractivity contribution < 1.29 is 4.42 Å². The van der Waals surface area contributed by atoms with Gasteiger partial charge in [0.2, 0.25) is 0 Å². The number of nitrogens with zero attached hydrogens (tertiary/aromatic N) is 2. The topological polar surface area (TPSA) is 38.9 Å². The van der Waals surface area contributed by atoms with Crippen LogP contribution in [0.5, 0.6) is 0 Å². The number of para-hydroxylation sites is 1. The van der Waals surface area contributed by atoms with E-state index in [4.69, 9.17) is 14.4 Å². The second-order valence-corrected chi connectivity index (χ2v) is 15.5. The zero-order valence-electron chi connectivity index (χ0n) is 30.4. The van der Waals surface area contributed by atoms with Crippen molar-refractivity contribution in [2.75, 3.05) is 0 Å². The minimum Gasteiger partial charge on any atom is -0.456 e. The van der Waals surface area contributed by atoms with Crippen molar-refractivity contribution in [1.82, 2.24) is 9.97 Å². The van der Waals surface area contributed by atoms with Crippen molar-refractivity contribution in [3.05, 3.63) is 192 Å². The molecular weight excluding hydrogens is 657 g/mol. The minimum absolute atomic E-state index is 0.138. The maximum atomic E-state index is 6.35. The molecule has 0 saturated heterocycles. The summed E-state index contributed by atoms with van der Waals surface area (Å²) in [5.74, 6) is 0.705. The Morgan fingerprint density at radius 3 is 1.85 bits per heavy atom. The van der Waals surface area contributed by atoms with Gasteiger partial charge in [-0.25, -0.2) is 9.97 Å². The molecule has 0 N–H and O–H groups in total. The van der Waals surface area contributed by atoms with Crippen LogP contribution in [0.2, 0.25) is 0 Å². The molecule has 0 fully saturated rings. The van der Waals surface area contributed by atoms with Crippen LogP contribution in [0.25, 0.3) is 78.1 Å². The van der Waals surface area contributed by atoms with Gasteiger partial charge >= 0.3 is 0 Å². The first-order valence-electron chi connectivity index (χ1n) is 18.7. The van der Waals surface area contributed by atoms with Crippen molar-refractivity contribution in [2.45, 2.75) is 31.6 Å². The van der Waals surface area contributed by atoms with Crippen molar-refractivity contribution in [3.63, 3.8) is 0 Å². The van der Waals surface area contributed by atoms with E-state index in [0.29, 0.717) is 5.82 Å². The Morgan fingerprint density at radius 2 is 1.02 bits per heavy atom. The summed E-state index contributed by atoms with van der Waals surface area (Å²) in [6.45, 7) is 7.00. The van der Waals surface area contributed by atoms with Gasteiger partial charge < -0.3 is 4.42 Å². The summed E-state index contributed by atoms with van der Waals surface area (Å²) in [6, 6.07) is 58.9. The monoisotopic (exact) mass is 692 g/mol. The van der Waals surface area contributed by atoms with Crippen molar-refractivity contribution in [1.29, 1.82) is 0 Å². The summed E-state index contributed by atoms with van der Waals surface area (Å²) in [4.78, 5) is 10.8. The van der Waals surface area contributed by atoms with E-state index in [2.05, 4.69) is 166 Å². The summed E-state index contributed by atoms with van der Waals surface area (Å²) in [5.41, 5.74) is 17.8. The molecule has 0 spiro atoms. The van der Waals surface area contributed by atoms with Gasteiger partial charge in [0.15, 0.2) is 5.82 Å². The van der Waals surface area contributed by atoms with Crippen LogP contribution in [0.4, 0.5) is 0 Å². The Morgan fingerprint density at radius 1 is 0.426 bits per heavy atom. The van der Waals surface area contributed by atoms with E-state index in [0.717, 1.165) is 50.0 Å². The Bertz CT molecular complexity index is 2990. The van der Waals surface area contributed by atoms with Gasteiger partial charge in [-0.1, -0.05) is 147 Å². The summed E-state index contributed by atoms with van der Waals surface area (Å²) in [6.07, 6.45) is 0. The first kappa shape index (κ1) is 31.0. The highest BCUT2D eigenvalue weighted by molar-refractivity contribution is 6.12. The Labute approximate surface area is 314 Å². The van der Waals surface area contributed by atoms with Crippen molar-refractivity contribution in [3.8, 4) is 56.2 Å². The van der Waals surface area contributed by atoms with Gasteiger partial charge in [-0.15, -0.1) is 0 Å². The van der Waals surface area contributed by atoms with Crippen LogP contribution < -0.4 is 0 Å². The van der Waals surface area contributed by atoms with E-state index < -0.39 is 0 Å². The third kappa shape index (κ3) is 4.30. The quantitative estimate of drug-likeness (QED) is 0.184. The molecule has 1 atom stereocenters. The van der Waals surface area contributed by atoms with Gasteiger partial charge in [-0.3, -0.25) is 0 Å². The van der Waals surface area contributed by atoms with Gasteiger partial charge in [0, 0.05) is 38.3 Å². The van der Waals surface area contributed by atoms with Crippen molar-refractivity contribution in [2.24, 2.45) is 0 Å². The van der Waals surface area contributed by atoms with Crippen LogP contribution >= 0.6 is 0 Å². The molecule has 256 valence electrons. The number of fused-ring (bicyclic) bond motifs is 9. The van der Waals surface area contributed by atoms with Crippen LogP contribution in [-0.2, 0) is 10.8 Å². The van der Waals surface area contributed by atoms with E-state index in [-0.39, 0.29) is 10.8 Å². The second-order valence-electron chi connectivity index (χ2n) is 15.5. The molecule has 2 aliphatic rings.